The number of hydrogen-bond donors (Lipinski definition) is 0. The molecule has 0 fully saturated rings. The molecule has 0 saturated heterocycles. The summed E-state index contributed by atoms with van der Waals surface area (Å²) < 4.78 is 0. The first-order valence-electron chi connectivity index (χ1n) is 3.98. The van der Waals surface area contributed by atoms with Crippen LogP contribution in [-0.2, 0) is 11.2 Å². The molecule has 0 aromatic carbocycles. The highest BCUT2D eigenvalue weighted by atomic mass is 35.5. The zero-order valence-corrected chi connectivity index (χ0v) is 8.38. The molecule has 0 unspecified atom stereocenters. The standard InChI is InChI=1S/C9H11ClN2O/c1-9(2,6-13)5-7-3-4-8(10)12-11-7/h3-4,6H,5H2,1-2H3. The van der Waals surface area contributed by atoms with E-state index in [1.54, 1.807) is 12.1 Å². The molecule has 0 aliphatic heterocycles. The van der Waals surface area contributed by atoms with Gasteiger partial charge in [-0.2, -0.15) is 5.10 Å². The van der Waals surface area contributed by atoms with Crippen molar-refractivity contribution in [3.8, 4) is 0 Å². The van der Waals surface area contributed by atoms with Gasteiger partial charge in [0.1, 0.15) is 6.29 Å². The van der Waals surface area contributed by atoms with Crippen molar-refractivity contribution in [1.29, 1.82) is 0 Å². The summed E-state index contributed by atoms with van der Waals surface area (Å²) in [5, 5.41) is 7.94. The van der Waals surface area contributed by atoms with E-state index in [4.69, 9.17) is 11.6 Å². The van der Waals surface area contributed by atoms with Crippen molar-refractivity contribution in [2.24, 2.45) is 5.41 Å². The third-order valence-corrected chi connectivity index (χ3v) is 1.84. The van der Waals surface area contributed by atoms with Crippen molar-refractivity contribution in [3.63, 3.8) is 0 Å². The van der Waals surface area contributed by atoms with Gasteiger partial charge in [-0.1, -0.05) is 25.4 Å². The molecule has 0 saturated carbocycles. The average Bonchev–Trinajstić information content (AvgIpc) is 2.09. The summed E-state index contributed by atoms with van der Waals surface area (Å²) in [5.41, 5.74) is 0.393. The zero-order chi connectivity index (χ0) is 9.90. The van der Waals surface area contributed by atoms with E-state index < -0.39 is 0 Å². The van der Waals surface area contributed by atoms with Gasteiger partial charge in [-0.25, -0.2) is 0 Å². The smallest absolute Gasteiger partial charge is 0.151 e. The molecule has 0 aliphatic carbocycles. The first-order chi connectivity index (χ1) is 6.03. The Morgan fingerprint density at radius 1 is 1.46 bits per heavy atom. The third kappa shape index (κ3) is 3.11. The van der Waals surface area contributed by atoms with Crippen molar-refractivity contribution < 1.29 is 4.79 Å². The molecule has 0 radical (unpaired) electrons. The minimum atomic E-state index is -0.386. The number of rotatable bonds is 3. The molecule has 1 aromatic rings. The Labute approximate surface area is 82.1 Å². The topological polar surface area (TPSA) is 42.9 Å². The highest BCUT2D eigenvalue weighted by molar-refractivity contribution is 6.29. The van der Waals surface area contributed by atoms with Gasteiger partial charge in [0, 0.05) is 11.8 Å². The van der Waals surface area contributed by atoms with Gasteiger partial charge in [-0.3, -0.25) is 0 Å². The summed E-state index contributed by atoms with van der Waals surface area (Å²) >= 11 is 5.57. The highest BCUT2D eigenvalue weighted by Gasteiger charge is 2.17. The minimum Gasteiger partial charge on any atom is -0.303 e. The molecule has 0 N–H and O–H groups in total. The summed E-state index contributed by atoms with van der Waals surface area (Å²) in [5.74, 6) is 0. The molecule has 0 atom stereocenters. The lowest BCUT2D eigenvalue weighted by atomic mass is 9.90. The Morgan fingerprint density at radius 3 is 2.62 bits per heavy atom. The van der Waals surface area contributed by atoms with Gasteiger partial charge in [0.05, 0.1) is 5.69 Å². The summed E-state index contributed by atoms with van der Waals surface area (Å²) in [7, 11) is 0. The van der Waals surface area contributed by atoms with E-state index >= 15 is 0 Å². The fraction of sp³-hybridized carbons (Fsp3) is 0.444. The number of aromatic nitrogens is 2. The zero-order valence-electron chi connectivity index (χ0n) is 7.62. The van der Waals surface area contributed by atoms with Crippen molar-refractivity contribution >= 4 is 17.9 Å². The van der Waals surface area contributed by atoms with Gasteiger partial charge < -0.3 is 4.79 Å². The Bertz CT molecular complexity index is 295. The number of nitrogens with zero attached hydrogens (tertiary/aromatic N) is 2. The van der Waals surface area contributed by atoms with E-state index in [2.05, 4.69) is 10.2 Å². The molecule has 70 valence electrons. The molecule has 0 amide bonds. The Kier molecular flexibility index (Phi) is 2.98. The number of hydrogen-bond acceptors (Lipinski definition) is 3. The lowest BCUT2D eigenvalue weighted by Gasteiger charge is -2.14. The predicted molar refractivity (Wildman–Crippen MR) is 50.6 cm³/mol. The van der Waals surface area contributed by atoms with Crippen molar-refractivity contribution in [2.45, 2.75) is 20.3 Å². The quantitative estimate of drug-likeness (QED) is 0.697. The fourth-order valence-corrected chi connectivity index (χ4v) is 1.05. The second kappa shape index (κ2) is 3.83. The SMILES string of the molecule is CC(C)(C=O)Cc1ccc(Cl)nn1. The second-order valence-electron chi connectivity index (χ2n) is 3.63. The molecule has 4 heteroatoms. The van der Waals surface area contributed by atoms with Crippen LogP contribution >= 0.6 is 11.6 Å². The monoisotopic (exact) mass is 198 g/mol. The molecule has 13 heavy (non-hydrogen) atoms. The Hall–Kier alpha value is -0.960. The van der Waals surface area contributed by atoms with Gasteiger partial charge in [0.15, 0.2) is 5.15 Å². The highest BCUT2D eigenvalue weighted by Crippen LogP contribution is 2.17. The normalized spacial score (nSPS) is 11.3. The molecular formula is C9H11ClN2O. The van der Waals surface area contributed by atoms with Crippen LogP contribution in [0.25, 0.3) is 0 Å². The molecule has 0 bridgehead atoms. The van der Waals surface area contributed by atoms with Crippen LogP contribution in [0.5, 0.6) is 0 Å². The molecule has 1 heterocycles. The Balaban J connectivity index is 2.75. The van der Waals surface area contributed by atoms with Crippen LogP contribution in [0.15, 0.2) is 12.1 Å². The third-order valence-electron chi connectivity index (χ3n) is 1.64. The molecule has 0 aliphatic rings. The van der Waals surface area contributed by atoms with Crippen LogP contribution in [0.2, 0.25) is 5.15 Å². The fourth-order valence-electron chi connectivity index (χ4n) is 0.946. The lowest BCUT2D eigenvalue weighted by Crippen LogP contribution is -2.17. The van der Waals surface area contributed by atoms with Gasteiger partial charge in [-0.05, 0) is 12.1 Å². The van der Waals surface area contributed by atoms with Gasteiger partial charge in [0.2, 0.25) is 0 Å². The van der Waals surface area contributed by atoms with Crippen molar-refractivity contribution in [2.75, 3.05) is 0 Å². The number of carbonyl (C=O) groups excluding carboxylic acids is 1. The van der Waals surface area contributed by atoms with Crippen LogP contribution in [0.3, 0.4) is 0 Å². The van der Waals surface area contributed by atoms with Gasteiger partial charge in [-0.15, -0.1) is 5.10 Å². The summed E-state index contributed by atoms with van der Waals surface area (Å²) in [4.78, 5) is 10.6. The maximum absolute atomic E-state index is 10.6. The summed E-state index contributed by atoms with van der Waals surface area (Å²) in [6.45, 7) is 3.71. The van der Waals surface area contributed by atoms with Crippen LogP contribution in [0.1, 0.15) is 19.5 Å². The number of halogens is 1. The lowest BCUT2D eigenvalue weighted by molar-refractivity contribution is -0.114. The van der Waals surface area contributed by atoms with Crippen LogP contribution in [-0.4, -0.2) is 16.5 Å². The van der Waals surface area contributed by atoms with Crippen LogP contribution < -0.4 is 0 Å². The van der Waals surface area contributed by atoms with E-state index in [1.165, 1.54) is 0 Å². The van der Waals surface area contributed by atoms with Crippen LogP contribution in [0, 0.1) is 5.41 Å². The second-order valence-corrected chi connectivity index (χ2v) is 4.02. The largest absolute Gasteiger partial charge is 0.303 e. The van der Waals surface area contributed by atoms with Gasteiger partial charge >= 0.3 is 0 Å². The average molecular weight is 199 g/mol. The summed E-state index contributed by atoms with van der Waals surface area (Å²) in [6, 6.07) is 3.45. The Morgan fingerprint density at radius 2 is 2.15 bits per heavy atom. The predicted octanol–water partition coefficient (Wildman–Crippen LogP) is 1.90. The first kappa shape index (κ1) is 10.1. The van der Waals surface area contributed by atoms with E-state index in [0.717, 1.165) is 12.0 Å². The molecule has 0 spiro atoms. The maximum Gasteiger partial charge on any atom is 0.151 e. The van der Waals surface area contributed by atoms with Crippen LogP contribution in [0.4, 0.5) is 0 Å². The number of carbonyl (C=O) groups is 1. The molecular weight excluding hydrogens is 188 g/mol. The minimum absolute atomic E-state index is 0.368. The van der Waals surface area contributed by atoms with E-state index in [9.17, 15) is 4.79 Å². The van der Waals surface area contributed by atoms with Crippen molar-refractivity contribution in [3.05, 3.63) is 23.0 Å². The summed E-state index contributed by atoms with van der Waals surface area (Å²) in [6.07, 6.45) is 1.50. The first-order valence-corrected chi connectivity index (χ1v) is 4.36. The van der Waals surface area contributed by atoms with E-state index in [1.807, 2.05) is 13.8 Å². The molecule has 1 rings (SSSR count). The van der Waals surface area contributed by atoms with Crippen molar-refractivity contribution in [1.82, 2.24) is 10.2 Å². The molecule has 3 nitrogen and oxygen atoms in total. The van der Waals surface area contributed by atoms with E-state index in [0.29, 0.717) is 11.6 Å². The maximum atomic E-state index is 10.6. The number of aldehydes is 1. The molecule has 1 aromatic heterocycles. The van der Waals surface area contributed by atoms with Gasteiger partial charge in [0.25, 0.3) is 0 Å². The van der Waals surface area contributed by atoms with E-state index in [-0.39, 0.29) is 5.41 Å².